The van der Waals surface area contributed by atoms with Gasteiger partial charge in [0.25, 0.3) is 0 Å². The predicted octanol–water partition coefficient (Wildman–Crippen LogP) is 1.84. The van der Waals surface area contributed by atoms with Gasteiger partial charge in [0, 0.05) is 12.7 Å². The topological polar surface area (TPSA) is 53.6 Å². The Labute approximate surface area is 92.7 Å². The molecule has 2 rings (SSSR count). The van der Waals surface area contributed by atoms with E-state index in [0.717, 1.165) is 11.4 Å². The largest absolute Gasteiger partial charge is 0.338 e. The first kappa shape index (κ1) is 10.1. The molecule has 0 radical (unpaired) electrons. The average molecular weight is 223 g/mol. The number of hydrogen-bond acceptors (Lipinski definition) is 3. The summed E-state index contributed by atoms with van der Waals surface area (Å²) >= 11 is 5.96. The summed E-state index contributed by atoms with van der Waals surface area (Å²) in [7, 11) is 1.86. The Hall–Kier alpha value is -1.39. The second-order valence-electron chi connectivity index (χ2n) is 3.10. The van der Waals surface area contributed by atoms with Crippen LogP contribution in [0, 0.1) is 0 Å². The van der Waals surface area contributed by atoms with Crippen molar-refractivity contribution in [3.63, 3.8) is 0 Å². The summed E-state index contributed by atoms with van der Waals surface area (Å²) in [5, 5.41) is 3.50. The second-order valence-corrected chi connectivity index (χ2v) is 3.46. The van der Waals surface area contributed by atoms with Crippen LogP contribution in [0.1, 0.15) is 5.69 Å². The Balaban J connectivity index is 2.34. The lowest BCUT2D eigenvalue weighted by Crippen LogP contribution is -2.05. The second kappa shape index (κ2) is 4.42. The molecule has 0 aliphatic carbocycles. The van der Waals surface area contributed by atoms with Crippen molar-refractivity contribution in [2.75, 3.05) is 7.05 Å². The van der Waals surface area contributed by atoms with Crippen LogP contribution in [0.15, 0.2) is 24.4 Å². The van der Waals surface area contributed by atoms with Gasteiger partial charge in [0.15, 0.2) is 11.0 Å². The number of aromatic amines is 1. The van der Waals surface area contributed by atoms with Gasteiger partial charge in [-0.05, 0) is 19.2 Å². The maximum atomic E-state index is 5.96. The molecule has 0 saturated heterocycles. The van der Waals surface area contributed by atoms with Crippen molar-refractivity contribution in [2.24, 2.45) is 0 Å². The monoisotopic (exact) mass is 222 g/mol. The highest BCUT2D eigenvalue weighted by atomic mass is 35.5. The number of rotatable bonds is 3. The first-order valence-electron chi connectivity index (χ1n) is 4.61. The van der Waals surface area contributed by atoms with Crippen molar-refractivity contribution in [3.8, 4) is 11.5 Å². The summed E-state index contributed by atoms with van der Waals surface area (Å²) < 4.78 is 0. The molecule has 2 aromatic heterocycles. The first-order valence-corrected chi connectivity index (χ1v) is 4.99. The number of nitrogens with zero attached hydrogens (tertiary/aromatic N) is 2. The Kier molecular flexibility index (Phi) is 2.99. The van der Waals surface area contributed by atoms with Crippen molar-refractivity contribution >= 4 is 11.6 Å². The van der Waals surface area contributed by atoms with Gasteiger partial charge in [0.2, 0.25) is 0 Å². The van der Waals surface area contributed by atoms with Gasteiger partial charge in [-0.1, -0.05) is 17.7 Å². The third-order valence-electron chi connectivity index (χ3n) is 1.99. The normalized spacial score (nSPS) is 10.5. The number of aromatic nitrogens is 3. The standard InChI is InChI=1S/C10H11ClN4/c1-12-6-8-9(11)15-10(14-8)7-4-2-3-5-13-7/h2-5,12H,6H2,1H3,(H,14,15). The number of H-pyrrole nitrogens is 1. The molecule has 0 atom stereocenters. The summed E-state index contributed by atoms with van der Waals surface area (Å²) in [6.07, 6.45) is 1.73. The third-order valence-corrected chi connectivity index (χ3v) is 2.30. The zero-order valence-corrected chi connectivity index (χ0v) is 9.04. The first-order chi connectivity index (χ1) is 7.31. The Morgan fingerprint density at radius 3 is 3.00 bits per heavy atom. The van der Waals surface area contributed by atoms with Crippen molar-refractivity contribution in [3.05, 3.63) is 35.2 Å². The molecule has 0 aliphatic heterocycles. The Morgan fingerprint density at radius 2 is 2.33 bits per heavy atom. The predicted molar refractivity (Wildman–Crippen MR) is 59.6 cm³/mol. The van der Waals surface area contributed by atoms with Gasteiger partial charge in [0.1, 0.15) is 5.69 Å². The van der Waals surface area contributed by atoms with E-state index in [4.69, 9.17) is 11.6 Å². The molecular formula is C10H11ClN4. The smallest absolute Gasteiger partial charge is 0.158 e. The zero-order valence-electron chi connectivity index (χ0n) is 8.29. The summed E-state index contributed by atoms with van der Waals surface area (Å²) in [5.41, 5.74) is 1.67. The number of nitrogens with one attached hydrogen (secondary N) is 2. The zero-order chi connectivity index (χ0) is 10.7. The van der Waals surface area contributed by atoms with Crippen molar-refractivity contribution in [1.29, 1.82) is 0 Å². The lowest BCUT2D eigenvalue weighted by molar-refractivity contribution is 0.797. The van der Waals surface area contributed by atoms with Crippen molar-refractivity contribution in [1.82, 2.24) is 20.3 Å². The summed E-state index contributed by atoms with van der Waals surface area (Å²) in [6.45, 7) is 0.665. The van der Waals surface area contributed by atoms with E-state index >= 15 is 0 Å². The molecule has 2 aromatic rings. The summed E-state index contributed by atoms with van der Waals surface area (Å²) in [5.74, 6) is 0.700. The molecule has 0 saturated carbocycles. The molecule has 0 aromatic carbocycles. The maximum Gasteiger partial charge on any atom is 0.158 e. The fourth-order valence-corrected chi connectivity index (χ4v) is 1.50. The van der Waals surface area contributed by atoms with Crippen molar-refractivity contribution in [2.45, 2.75) is 6.54 Å². The van der Waals surface area contributed by atoms with Crippen LogP contribution in [0.5, 0.6) is 0 Å². The minimum atomic E-state index is 0.491. The number of halogens is 1. The Bertz CT molecular complexity index is 438. The number of hydrogen-bond donors (Lipinski definition) is 2. The minimum Gasteiger partial charge on any atom is -0.338 e. The van der Waals surface area contributed by atoms with E-state index in [1.807, 2.05) is 25.2 Å². The molecule has 0 unspecified atom stereocenters. The fraction of sp³-hybridized carbons (Fsp3) is 0.200. The van der Waals surface area contributed by atoms with Crippen LogP contribution in [0.2, 0.25) is 5.15 Å². The van der Waals surface area contributed by atoms with Crippen LogP contribution in [0.25, 0.3) is 11.5 Å². The molecule has 0 fully saturated rings. The van der Waals surface area contributed by atoms with Crippen LogP contribution in [0.4, 0.5) is 0 Å². The molecule has 2 heterocycles. The van der Waals surface area contributed by atoms with Crippen LogP contribution in [0.3, 0.4) is 0 Å². The molecule has 0 bridgehead atoms. The highest BCUT2D eigenvalue weighted by Gasteiger charge is 2.09. The highest BCUT2D eigenvalue weighted by molar-refractivity contribution is 6.30. The summed E-state index contributed by atoms with van der Waals surface area (Å²) in [4.78, 5) is 11.5. The molecule has 15 heavy (non-hydrogen) atoms. The Morgan fingerprint density at radius 1 is 1.47 bits per heavy atom. The van der Waals surface area contributed by atoms with Gasteiger partial charge < -0.3 is 10.3 Å². The fourth-order valence-electron chi connectivity index (χ4n) is 1.31. The molecule has 0 aliphatic rings. The van der Waals surface area contributed by atoms with E-state index in [-0.39, 0.29) is 0 Å². The molecule has 0 spiro atoms. The van der Waals surface area contributed by atoms with E-state index < -0.39 is 0 Å². The molecule has 0 amide bonds. The maximum absolute atomic E-state index is 5.96. The van der Waals surface area contributed by atoms with Crippen LogP contribution < -0.4 is 5.32 Å². The molecular weight excluding hydrogens is 212 g/mol. The van der Waals surface area contributed by atoms with E-state index in [9.17, 15) is 0 Å². The molecule has 4 nitrogen and oxygen atoms in total. The van der Waals surface area contributed by atoms with Gasteiger partial charge in [-0.2, -0.15) is 0 Å². The van der Waals surface area contributed by atoms with E-state index in [0.29, 0.717) is 17.5 Å². The van der Waals surface area contributed by atoms with Crippen LogP contribution in [-0.2, 0) is 6.54 Å². The van der Waals surface area contributed by atoms with E-state index in [1.54, 1.807) is 6.20 Å². The van der Waals surface area contributed by atoms with Gasteiger partial charge in [-0.25, -0.2) is 4.98 Å². The quantitative estimate of drug-likeness (QED) is 0.834. The average Bonchev–Trinajstić information content (AvgIpc) is 2.63. The van der Waals surface area contributed by atoms with Gasteiger partial charge in [0.05, 0.1) is 5.69 Å². The SMILES string of the molecule is CNCc1[nH]c(-c2ccccn2)nc1Cl. The lowest BCUT2D eigenvalue weighted by atomic mass is 10.3. The van der Waals surface area contributed by atoms with Crippen molar-refractivity contribution < 1.29 is 0 Å². The van der Waals surface area contributed by atoms with Crippen LogP contribution >= 0.6 is 11.6 Å². The third kappa shape index (κ3) is 2.16. The molecule has 2 N–H and O–H groups in total. The molecule has 78 valence electrons. The van der Waals surface area contributed by atoms with Gasteiger partial charge >= 0.3 is 0 Å². The van der Waals surface area contributed by atoms with Gasteiger partial charge in [-0.3, -0.25) is 4.98 Å². The lowest BCUT2D eigenvalue weighted by Gasteiger charge is -1.95. The van der Waals surface area contributed by atoms with Gasteiger partial charge in [-0.15, -0.1) is 0 Å². The minimum absolute atomic E-state index is 0.491. The molecule has 5 heteroatoms. The number of pyridine rings is 1. The van der Waals surface area contributed by atoms with E-state index in [1.165, 1.54) is 0 Å². The van der Waals surface area contributed by atoms with Crippen LogP contribution in [-0.4, -0.2) is 22.0 Å². The van der Waals surface area contributed by atoms with E-state index in [2.05, 4.69) is 20.3 Å². The highest BCUT2D eigenvalue weighted by Crippen LogP contribution is 2.19. The number of imidazole rings is 1. The summed E-state index contributed by atoms with van der Waals surface area (Å²) in [6, 6.07) is 5.66.